The first-order valence-corrected chi connectivity index (χ1v) is 11.6. The van der Waals surface area contributed by atoms with Crippen molar-refractivity contribution in [2.24, 2.45) is 0 Å². The minimum atomic E-state index is -0.680. The summed E-state index contributed by atoms with van der Waals surface area (Å²) in [5.74, 6) is -1.11. The summed E-state index contributed by atoms with van der Waals surface area (Å²) in [4.78, 5) is 30.4. The van der Waals surface area contributed by atoms with Gasteiger partial charge in [0, 0.05) is 43.8 Å². The number of piperazine rings is 1. The van der Waals surface area contributed by atoms with Crippen LogP contribution in [-0.2, 0) is 11.3 Å². The molecule has 1 aliphatic heterocycles. The molecule has 0 N–H and O–H groups in total. The first kappa shape index (κ1) is 21.6. The van der Waals surface area contributed by atoms with Gasteiger partial charge in [-0.25, -0.2) is 9.18 Å². The van der Waals surface area contributed by atoms with E-state index in [1.807, 2.05) is 39.8 Å². The molecule has 1 aromatic heterocycles. The zero-order valence-corrected chi connectivity index (χ0v) is 18.8. The maximum Gasteiger partial charge on any atom is 0.343 e. The van der Waals surface area contributed by atoms with Gasteiger partial charge in [-0.1, -0.05) is 37.3 Å². The van der Waals surface area contributed by atoms with Gasteiger partial charge in [0.2, 0.25) is 5.43 Å². The molecule has 6 nitrogen and oxygen atoms in total. The van der Waals surface area contributed by atoms with E-state index in [9.17, 15) is 9.59 Å². The lowest BCUT2D eigenvalue weighted by Crippen LogP contribution is -2.46. The molecule has 2 heterocycles. The van der Waals surface area contributed by atoms with E-state index in [2.05, 4.69) is 11.8 Å². The van der Waals surface area contributed by atoms with E-state index in [1.165, 1.54) is 6.07 Å². The molecule has 7 heteroatoms. The van der Waals surface area contributed by atoms with Crippen molar-refractivity contribution in [1.29, 1.82) is 0 Å². The summed E-state index contributed by atoms with van der Waals surface area (Å²) >= 11 is 0. The quantitative estimate of drug-likeness (QED) is 0.533. The van der Waals surface area contributed by atoms with Crippen molar-refractivity contribution in [3.8, 4) is 0 Å². The van der Waals surface area contributed by atoms with Crippen LogP contribution in [0.3, 0.4) is 0 Å². The highest BCUT2D eigenvalue weighted by molar-refractivity contribution is 5.94. The molecule has 3 aromatic rings. The Bertz CT molecular complexity index is 1230. The number of hydrogen-bond acceptors (Lipinski definition) is 5. The molecule has 1 aliphatic carbocycles. The zero-order chi connectivity index (χ0) is 22.9. The Morgan fingerprint density at radius 2 is 1.82 bits per heavy atom. The molecule has 0 atom stereocenters. The van der Waals surface area contributed by atoms with Crippen LogP contribution in [0.2, 0.25) is 0 Å². The third-order valence-corrected chi connectivity index (χ3v) is 6.63. The molecule has 0 spiro atoms. The molecule has 33 heavy (non-hydrogen) atoms. The predicted octanol–water partition coefficient (Wildman–Crippen LogP) is 3.97. The second-order valence-electron chi connectivity index (χ2n) is 8.81. The highest BCUT2D eigenvalue weighted by Gasteiger charge is 2.29. The maximum absolute atomic E-state index is 15.2. The number of likely N-dealkylation sites (N-methyl/N-ethyl adjacent to an activating group) is 1. The summed E-state index contributed by atoms with van der Waals surface area (Å²) < 4.78 is 22.6. The van der Waals surface area contributed by atoms with Crippen LogP contribution in [0.15, 0.2) is 53.5 Å². The number of nitrogens with zero attached hydrogens (tertiary/aromatic N) is 3. The minimum Gasteiger partial charge on any atom is -0.457 e. The third-order valence-electron chi connectivity index (χ3n) is 6.63. The Balaban J connectivity index is 1.49. The van der Waals surface area contributed by atoms with Crippen LogP contribution in [-0.4, -0.2) is 48.2 Å². The molecule has 0 radical (unpaired) electrons. The van der Waals surface area contributed by atoms with Gasteiger partial charge in [0.15, 0.2) is 0 Å². The molecule has 5 rings (SSSR count). The smallest absolute Gasteiger partial charge is 0.343 e. The topological polar surface area (TPSA) is 54.8 Å². The lowest BCUT2D eigenvalue weighted by atomic mass is 10.1. The average Bonchev–Trinajstić information content (AvgIpc) is 3.69. The second kappa shape index (κ2) is 8.98. The number of carbonyl (C=O) groups excluding carboxylic acids is 1. The Kier molecular flexibility index (Phi) is 5.89. The van der Waals surface area contributed by atoms with Gasteiger partial charge in [0.05, 0.1) is 11.2 Å². The van der Waals surface area contributed by atoms with Crippen LogP contribution in [0.25, 0.3) is 10.9 Å². The lowest BCUT2D eigenvalue weighted by molar-refractivity contribution is 0.0470. The van der Waals surface area contributed by atoms with Gasteiger partial charge in [-0.15, -0.1) is 0 Å². The molecular weight excluding hydrogens is 421 g/mol. The number of benzene rings is 2. The number of fused-ring (bicyclic) bond motifs is 1. The van der Waals surface area contributed by atoms with E-state index in [0.717, 1.165) is 51.1 Å². The van der Waals surface area contributed by atoms with Crippen molar-refractivity contribution >= 4 is 22.6 Å². The molecular formula is C26H28FN3O3. The third kappa shape index (κ3) is 4.37. The van der Waals surface area contributed by atoms with Crippen LogP contribution in [0.1, 0.15) is 41.7 Å². The van der Waals surface area contributed by atoms with Crippen LogP contribution in [0.4, 0.5) is 10.1 Å². The van der Waals surface area contributed by atoms with Crippen molar-refractivity contribution in [2.45, 2.75) is 32.4 Å². The molecule has 2 aliphatic rings. The van der Waals surface area contributed by atoms with Crippen LogP contribution in [0.5, 0.6) is 0 Å². The molecule has 2 aromatic carbocycles. The number of hydrogen-bond donors (Lipinski definition) is 0. The first-order valence-electron chi connectivity index (χ1n) is 11.6. The van der Waals surface area contributed by atoms with E-state index in [1.54, 1.807) is 12.3 Å². The fourth-order valence-corrected chi connectivity index (χ4v) is 4.51. The van der Waals surface area contributed by atoms with Gasteiger partial charge in [-0.2, -0.15) is 0 Å². The van der Waals surface area contributed by atoms with E-state index in [4.69, 9.17) is 4.74 Å². The number of carbonyl (C=O) groups is 1. The monoisotopic (exact) mass is 449 g/mol. The van der Waals surface area contributed by atoms with Gasteiger partial charge < -0.3 is 19.1 Å². The van der Waals surface area contributed by atoms with Gasteiger partial charge in [0.25, 0.3) is 0 Å². The van der Waals surface area contributed by atoms with Gasteiger partial charge in [0.1, 0.15) is 18.0 Å². The molecule has 1 saturated heterocycles. The summed E-state index contributed by atoms with van der Waals surface area (Å²) in [6.45, 7) is 6.45. The van der Waals surface area contributed by atoms with Gasteiger partial charge in [-0.3, -0.25) is 4.79 Å². The number of esters is 1. The Morgan fingerprint density at radius 1 is 1.09 bits per heavy atom. The van der Waals surface area contributed by atoms with Crippen LogP contribution < -0.4 is 10.3 Å². The molecule has 0 unspecified atom stereocenters. The highest BCUT2D eigenvalue weighted by atomic mass is 19.1. The number of anilines is 1. The summed E-state index contributed by atoms with van der Waals surface area (Å²) in [6.07, 6.45) is 3.54. The minimum absolute atomic E-state index is 0.0472. The van der Waals surface area contributed by atoms with Crippen LogP contribution in [0, 0.1) is 5.82 Å². The normalized spacial score (nSPS) is 16.8. The standard InChI is InChI=1S/C26H28FN3O3/c1-2-28-10-12-29(13-11-28)24-15-23-20(14-22(24)27)25(31)21(16-30(23)19-8-9-19)26(32)33-17-18-6-4-3-5-7-18/h3-7,14-16,19H,2,8-13,17H2,1H3. The first-order chi connectivity index (χ1) is 16.0. The number of pyridine rings is 1. The summed E-state index contributed by atoms with van der Waals surface area (Å²) in [5, 5.41) is 0.226. The van der Waals surface area contributed by atoms with Crippen molar-refractivity contribution in [1.82, 2.24) is 9.47 Å². The Morgan fingerprint density at radius 3 is 2.48 bits per heavy atom. The number of halogens is 1. The van der Waals surface area contributed by atoms with E-state index in [0.29, 0.717) is 11.2 Å². The largest absolute Gasteiger partial charge is 0.457 e. The summed E-state index contributed by atoms with van der Waals surface area (Å²) in [6, 6.07) is 12.6. The molecule has 172 valence electrons. The predicted molar refractivity (Wildman–Crippen MR) is 126 cm³/mol. The Hall–Kier alpha value is -3.19. The SMILES string of the molecule is CCN1CCN(c2cc3c(cc2F)c(=O)c(C(=O)OCc2ccccc2)cn3C2CC2)CC1. The van der Waals surface area contributed by atoms with E-state index < -0.39 is 17.2 Å². The molecule has 2 fully saturated rings. The van der Waals surface area contributed by atoms with Crippen molar-refractivity contribution in [3.63, 3.8) is 0 Å². The maximum atomic E-state index is 15.2. The van der Waals surface area contributed by atoms with Crippen LogP contribution >= 0.6 is 0 Å². The van der Waals surface area contributed by atoms with Gasteiger partial charge >= 0.3 is 5.97 Å². The highest BCUT2D eigenvalue weighted by Crippen LogP contribution is 2.38. The zero-order valence-electron chi connectivity index (χ0n) is 18.8. The molecule has 1 saturated carbocycles. The van der Waals surface area contributed by atoms with Crippen molar-refractivity contribution in [2.75, 3.05) is 37.6 Å². The Labute approximate surface area is 192 Å². The van der Waals surface area contributed by atoms with E-state index in [-0.39, 0.29) is 23.6 Å². The van der Waals surface area contributed by atoms with E-state index >= 15 is 4.39 Å². The fraction of sp³-hybridized carbons (Fsp3) is 0.385. The van der Waals surface area contributed by atoms with Crippen molar-refractivity contribution < 1.29 is 13.9 Å². The fourth-order valence-electron chi connectivity index (χ4n) is 4.51. The summed E-state index contributed by atoms with van der Waals surface area (Å²) in [7, 11) is 0. The lowest BCUT2D eigenvalue weighted by Gasteiger charge is -2.35. The molecule has 0 bridgehead atoms. The van der Waals surface area contributed by atoms with Crippen molar-refractivity contribution in [3.05, 3.63) is 75.8 Å². The molecule has 0 amide bonds. The number of ether oxygens (including phenoxy) is 1. The summed E-state index contributed by atoms with van der Waals surface area (Å²) in [5.41, 5.74) is 1.51. The average molecular weight is 450 g/mol. The van der Waals surface area contributed by atoms with Gasteiger partial charge in [-0.05, 0) is 37.1 Å². The second-order valence-corrected chi connectivity index (χ2v) is 8.81. The number of aromatic nitrogens is 1. The number of rotatable bonds is 6.